The zero-order chi connectivity index (χ0) is 18.1. The molecule has 0 aromatic heterocycles. The summed E-state index contributed by atoms with van der Waals surface area (Å²) in [7, 11) is 0. The molecule has 3 nitrogen and oxygen atoms in total. The molecule has 0 bridgehead atoms. The zero-order valence-corrected chi connectivity index (χ0v) is 19.6. The molecule has 0 N–H and O–H groups in total. The van der Waals surface area contributed by atoms with Gasteiger partial charge in [-0.2, -0.15) is 0 Å². The van der Waals surface area contributed by atoms with Crippen molar-refractivity contribution in [1.29, 1.82) is 0 Å². The van der Waals surface area contributed by atoms with Crippen LogP contribution >= 0.6 is 12.3 Å². The van der Waals surface area contributed by atoms with Gasteiger partial charge in [-0.15, -0.1) is 0 Å². The van der Waals surface area contributed by atoms with Gasteiger partial charge in [-0.25, -0.2) is 0 Å². The van der Waals surface area contributed by atoms with Gasteiger partial charge >= 0.3 is 167 Å². The normalized spacial score (nSPS) is 11.4. The maximum atomic E-state index is 6.15. The maximum absolute atomic E-state index is 6.15. The van der Waals surface area contributed by atoms with Crippen molar-refractivity contribution in [2.45, 2.75) is 19.8 Å². The van der Waals surface area contributed by atoms with Gasteiger partial charge in [0.1, 0.15) is 0 Å². The van der Waals surface area contributed by atoms with Crippen LogP contribution in [0.2, 0.25) is 0 Å². The van der Waals surface area contributed by atoms with Crippen LogP contribution in [-0.4, -0.2) is 0 Å². The van der Waals surface area contributed by atoms with Crippen molar-refractivity contribution in [3.8, 4) is 0 Å². The Labute approximate surface area is 166 Å². The molecule has 134 valence electrons. The van der Waals surface area contributed by atoms with Crippen molar-refractivity contribution in [3.63, 3.8) is 0 Å². The number of hydrogen-bond donors (Lipinski definition) is 0. The fourth-order valence-corrected chi connectivity index (χ4v) is 9.72. The van der Waals surface area contributed by atoms with Crippen LogP contribution in [0.25, 0.3) is 0 Å². The van der Waals surface area contributed by atoms with E-state index in [9.17, 15) is 0 Å². The fourth-order valence-electron chi connectivity index (χ4n) is 2.36. The Hall–Kier alpha value is -1.11. The summed E-state index contributed by atoms with van der Waals surface area (Å²) in [6, 6.07) is 30.2. The predicted molar refractivity (Wildman–Crippen MR) is 103 cm³/mol. The first kappa shape index (κ1) is 19.6. The molecule has 5 heteroatoms. The van der Waals surface area contributed by atoms with E-state index in [2.05, 4.69) is 12.3 Å². The Kier molecular flexibility index (Phi) is 7.77. The molecule has 0 fully saturated rings. The summed E-state index contributed by atoms with van der Waals surface area (Å²) >= 11 is -0.268. The van der Waals surface area contributed by atoms with Gasteiger partial charge in [-0.3, -0.25) is 0 Å². The van der Waals surface area contributed by atoms with Crippen LogP contribution in [0.15, 0.2) is 91.0 Å². The van der Waals surface area contributed by atoms with Crippen LogP contribution in [0.3, 0.4) is 0 Å². The van der Waals surface area contributed by atoms with Crippen LogP contribution in [0.1, 0.15) is 16.7 Å². The van der Waals surface area contributed by atoms with Gasteiger partial charge in [0.15, 0.2) is 0 Å². The molecule has 3 rings (SSSR count). The van der Waals surface area contributed by atoms with Crippen molar-refractivity contribution in [2.24, 2.45) is 0 Å². The third-order valence-corrected chi connectivity index (χ3v) is 14.7. The number of hydrogen-bond acceptors (Lipinski definition) is 3. The first-order valence-electron chi connectivity index (χ1n) is 8.46. The van der Waals surface area contributed by atoms with Crippen molar-refractivity contribution >= 4 is 12.3 Å². The van der Waals surface area contributed by atoms with E-state index in [4.69, 9.17) is 8.56 Å². The van der Waals surface area contributed by atoms with Gasteiger partial charge in [0.05, 0.1) is 0 Å². The Balaban J connectivity index is 1.64. The van der Waals surface area contributed by atoms with Crippen LogP contribution in [0.4, 0.5) is 0 Å². The van der Waals surface area contributed by atoms with Crippen LogP contribution in [-0.2, 0) is 47.3 Å². The SMILES string of the molecule is [Br][Hf]([O]Cc1ccccc1)([O]Cc1ccccc1)[O]Cc1ccccc1. The van der Waals surface area contributed by atoms with Gasteiger partial charge in [0.2, 0.25) is 0 Å². The van der Waals surface area contributed by atoms with Crippen molar-refractivity contribution < 1.29 is 27.5 Å². The summed E-state index contributed by atoms with van der Waals surface area (Å²) in [5, 5.41) is 0. The van der Waals surface area contributed by atoms with Crippen molar-refractivity contribution in [1.82, 2.24) is 0 Å². The van der Waals surface area contributed by atoms with Gasteiger partial charge in [-0.1, -0.05) is 0 Å². The van der Waals surface area contributed by atoms with Gasteiger partial charge in [-0.05, 0) is 0 Å². The van der Waals surface area contributed by atoms with E-state index in [1.165, 1.54) is 0 Å². The molecule has 0 spiro atoms. The number of benzene rings is 3. The van der Waals surface area contributed by atoms with E-state index in [-0.39, 0.29) is 0 Å². The predicted octanol–water partition coefficient (Wildman–Crippen LogP) is 5.85. The van der Waals surface area contributed by atoms with Crippen LogP contribution in [0.5, 0.6) is 0 Å². The van der Waals surface area contributed by atoms with E-state index in [1.54, 1.807) is 0 Å². The Morgan fingerprint density at radius 2 is 0.769 bits per heavy atom. The molecule has 0 unspecified atom stereocenters. The third-order valence-electron chi connectivity index (χ3n) is 3.76. The van der Waals surface area contributed by atoms with E-state index < -0.39 is 18.9 Å². The standard InChI is InChI=1S/3C7H7O.BrH.Hf/c3*8-6-7-4-2-1-3-5-7;;/h3*1-5H,6H2;1H;/q3*-1;;+4/p-1. The zero-order valence-electron chi connectivity index (χ0n) is 14.4. The van der Waals surface area contributed by atoms with Crippen molar-refractivity contribution in [2.75, 3.05) is 0 Å². The molecular formula is C21H21BrHfO3. The Morgan fingerprint density at radius 1 is 0.500 bits per heavy atom. The average Bonchev–Trinajstić information content (AvgIpc) is 2.72. The second-order valence-electron chi connectivity index (χ2n) is 5.80. The molecule has 0 saturated heterocycles. The summed E-state index contributed by atoms with van der Waals surface area (Å²) in [6.45, 7) is 1.41. The van der Waals surface area contributed by atoms with E-state index in [0.717, 1.165) is 16.7 Å². The molecule has 0 amide bonds. The number of halogens is 1. The molecule has 0 heterocycles. The quantitative estimate of drug-likeness (QED) is 0.298. The second-order valence-corrected chi connectivity index (χ2v) is 20.3. The fraction of sp³-hybridized carbons (Fsp3) is 0.143. The summed E-state index contributed by atoms with van der Waals surface area (Å²) in [6.07, 6.45) is 0. The first-order chi connectivity index (χ1) is 12.7. The Morgan fingerprint density at radius 3 is 1.04 bits per heavy atom. The molecule has 3 aromatic rings. The molecule has 0 atom stereocenters. The first-order valence-corrected chi connectivity index (χ1v) is 20.7. The molecule has 0 aliphatic rings. The van der Waals surface area contributed by atoms with Crippen molar-refractivity contribution in [3.05, 3.63) is 108 Å². The van der Waals surface area contributed by atoms with Crippen LogP contribution in [0, 0.1) is 0 Å². The Bertz CT molecular complexity index is 663. The number of rotatable bonds is 9. The van der Waals surface area contributed by atoms with Crippen LogP contribution < -0.4 is 0 Å². The topological polar surface area (TPSA) is 27.7 Å². The van der Waals surface area contributed by atoms with Gasteiger partial charge in [0.25, 0.3) is 0 Å². The molecule has 0 aliphatic heterocycles. The average molecular weight is 580 g/mol. The molecule has 0 saturated carbocycles. The molecule has 0 aliphatic carbocycles. The molecule has 0 radical (unpaired) electrons. The second kappa shape index (κ2) is 10.3. The summed E-state index contributed by atoms with van der Waals surface area (Å²) < 4.78 is 18.5. The molecular weight excluding hydrogens is 559 g/mol. The summed E-state index contributed by atoms with van der Waals surface area (Å²) in [5.41, 5.74) is 3.30. The molecule has 3 aromatic carbocycles. The minimum atomic E-state index is -3.98. The van der Waals surface area contributed by atoms with E-state index in [1.807, 2.05) is 91.0 Å². The van der Waals surface area contributed by atoms with Gasteiger partial charge in [0, 0.05) is 0 Å². The molecule has 26 heavy (non-hydrogen) atoms. The van der Waals surface area contributed by atoms with Gasteiger partial charge < -0.3 is 0 Å². The third kappa shape index (κ3) is 6.56. The van der Waals surface area contributed by atoms with E-state index >= 15 is 0 Å². The summed E-state index contributed by atoms with van der Waals surface area (Å²) in [5.74, 6) is 0. The summed E-state index contributed by atoms with van der Waals surface area (Å²) in [4.78, 5) is 0. The minimum absolute atomic E-state index is 0.469. The van der Waals surface area contributed by atoms with E-state index in [0.29, 0.717) is 19.8 Å². The monoisotopic (exact) mass is 580 g/mol.